The van der Waals surface area contributed by atoms with Crippen LogP contribution in [-0.2, 0) is 4.74 Å². The molecular weight excluding hydrogens is 632 g/mol. The number of nitrogens with one attached hydrogen (secondary N) is 1. The number of hydrogen-bond acceptors (Lipinski definition) is 5. The quantitative estimate of drug-likeness (QED) is 0.0823. The molecule has 0 fully saturated rings. The summed E-state index contributed by atoms with van der Waals surface area (Å²) in [5.74, 6) is 0.573. The van der Waals surface area contributed by atoms with E-state index in [-0.39, 0.29) is 28.9 Å². The zero-order valence-corrected chi connectivity index (χ0v) is 30.2. The Morgan fingerprint density at radius 2 is 1.24 bits per heavy atom. The number of rotatable bonds is 24. The molecule has 0 atom stereocenters. The molecule has 2 aromatic rings. The molecule has 0 spiro atoms. The number of unbranched alkanes of at least 4 members (excludes halogenated alkanes) is 10. The second-order valence-corrected chi connectivity index (χ2v) is 12.0. The molecular formula is C37H59BrN2O5. The van der Waals surface area contributed by atoms with Crippen molar-refractivity contribution in [2.24, 2.45) is 0 Å². The lowest BCUT2D eigenvalue weighted by Crippen LogP contribution is -3.00. The van der Waals surface area contributed by atoms with Gasteiger partial charge >= 0.3 is 5.97 Å². The first-order chi connectivity index (χ1) is 21.4. The highest BCUT2D eigenvalue weighted by Gasteiger charge is 2.18. The fraction of sp³-hybridized carbons (Fsp3) is 0.622. The second kappa shape index (κ2) is 23.7. The molecule has 7 nitrogen and oxygen atoms in total. The molecule has 0 saturated heterocycles. The Balaban J connectivity index is 0.0000101. The highest BCUT2D eigenvalue weighted by atomic mass is 79.9. The molecule has 0 heterocycles. The van der Waals surface area contributed by atoms with Crippen molar-refractivity contribution in [2.75, 3.05) is 51.8 Å². The summed E-state index contributed by atoms with van der Waals surface area (Å²) in [6, 6.07) is 12.3. The predicted octanol–water partition coefficient (Wildman–Crippen LogP) is 6.06. The van der Waals surface area contributed by atoms with Crippen LogP contribution in [0.4, 0.5) is 5.69 Å². The van der Waals surface area contributed by atoms with Gasteiger partial charge in [0.2, 0.25) is 0 Å². The van der Waals surface area contributed by atoms with Crippen LogP contribution in [-0.4, -0.2) is 62.9 Å². The van der Waals surface area contributed by atoms with Gasteiger partial charge in [-0.15, -0.1) is 0 Å². The van der Waals surface area contributed by atoms with Crippen molar-refractivity contribution >= 4 is 17.6 Å². The van der Waals surface area contributed by atoms with E-state index in [2.05, 4.69) is 40.1 Å². The highest BCUT2D eigenvalue weighted by Crippen LogP contribution is 2.26. The van der Waals surface area contributed by atoms with Gasteiger partial charge in [0.15, 0.2) is 0 Å². The first-order valence-corrected chi connectivity index (χ1v) is 17.2. The standard InChI is InChI=1S/C37H58N2O5.BrH/c1-6-10-12-14-16-18-27-42-33-24-25-35(43-28-19-17-15-13-11-7-2)34(30-33)36(40)38-32-22-20-31(21-23-32)37(41)44-29-26-39(5,8-3)9-4;/h20-25,30H,6-19,26-29H2,1-5H3;1H. The number of nitrogens with zero attached hydrogens (tertiary/aromatic N) is 1. The topological polar surface area (TPSA) is 73.9 Å². The van der Waals surface area contributed by atoms with Crippen LogP contribution in [0, 0.1) is 0 Å². The van der Waals surface area contributed by atoms with Gasteiger partial charge in [0.25, 0.3) is 5.91 Å². The lowest BCUT2D eigenvalue weighted by molar-refractivity contribution is -0.906. The number of anilines is 1. The molecule has 0 radical (unpaired) electrons. The van der Waals surface area contributed by atoms with E-state index >= 15 is 0 Å². The van der Waals surface area contributed by atoms with E-state index in [0.29, 0.717) is 48.1 Å². The number of ether oxygens (including phenoxy) is 3. The maximum Gasteiger partial charge on any atom is 0.338 e. The van der Waals surface area contributed by atoms with E-state index in [9.17, 15) is 9.59 Å². The van der Waals surface area contributed by atoms with Gasteiger partial charge in [-0.25, -0.2) is 4.79 Å². The zero-order chi connectivity index (χ0) is 32.0. The molecule has 0 unspecified atom stereocenters. The fourth-order valence-electron chi connectivity index (χ4n) is 4.91. The van der Waals surface area contributed by atoms with Gasteiger partial charge in [0.05, 0.1) is 44.5 Å². The Hall–Kier alpha value is -2.58. The number of quaternary nitrogens is 1. The van der Waals surface area contributed by atoms with Gasteiger partial charge in [-0.3, -0.25) is 4.79 Å². The van der Waals surface area contributed by atoms with E-state index in [0.717, 1.165) is 49.8 Å². The summed E-state index contributed by atoms with van der Waals surface area (Å²) >= 11 is 0. The summed E-state index contributed by atoms with van der Waals surface area (Å²) < 4.78 is 18.5. The largest absolute Gasteiger partial charge is 1.00 e. The summed E-state index contributed by atoms with van der Waals surface area (Å²) in [5.41, 5.74) is 1.49. The third kappa shape index (κ3) is 16.0. The van der Waals surface area contributed by atoms with Crippen LogP contribution in [0.3, 0.4) is 0 Å². The minimum absolute atomic E-state index is 0. The van der Waals surface area contributed by atoms with Crippen LogP contribution in [0.25, 0.3) is 0 Å². The molecule has 0 aliphatic heterocycles. The normalized spacial score (nSPS) is 11.0. The Morgan fingerprint density at radius 3 is 1.82 bits per heavy atom. The van der Waals surface area contributed by atoms with Crippen LogP contribution >= 0.6 is 0 Å². The second-order valence-electron chi connectivity index (χ2n) is 12.0. The molecule has 2 rings (SSSR count). The molecule has 0 aliphatic rings. The average molecular weight is 692 g/mol. The fourth-order valence-corrected chi connectivity index (χ4v) is 4.91. The molecule has 2 aromatic carbocycles. The van der Waals surface area contributed by atoms with Crippen LogP contribution in [0.5, 0.6) is 11.5 Å². The monoisotopic (exact) mass is 690 g/mol. The summed E-state index contributed by atoms with van der Waals surface area (Å²) in [6.45, 7) is 13.0. The van der Waals surface area contributed by atoms with Gasteiger partial charge in [-0.05, 0) is 69.2 Å². The van der Waals surface area contributed by atoms with Crippen LogP contribution < -0.4 is 31.8 Å². The zero-order valence-electron chi connectivity index (χ0n) is 28.6. The molecule has 254 valence electrons. The van der Waals surface area contributed by atoms with Crippen molar-refractivity contribution in [1.82, 2.24) is 0 Å². The molecule has 45 heavy (non-hydrogen) atoms. The number of carbonyl (C=O) groups excluding carboxylic acids is 2. The summed E-state index contributed by atoms with van der Waals surface area (Å²) in [7, 11) is 2.16. The lowest BCUT2D eigenvalue weighted by Gasteiger charge is -2.31. The number of benzene rings is 2. The molecule has 1 amide bonds. The number of esters is 1. The first-order valence-electron chi connectivity index (χ1n) is 17.2. The van der Waals surface area contributed by atoms with Gasteiger partial charge in [0, 0.05) is 5.69 Å². The number of likely N-dealkylation sites (N-methyl/N-ethyl adjacent to an activating group) is 1. The first kappa shape index (κ1) is 40.4. The van der Waals surface area contributed by atoms with Crippen molar-refractivity contribution in [3.63, 3.8) is 0 Å². The van der Waals surface area contributed by atoms with E-state index in [1.165, 1.54) is 51.4 Å². The van der Waals surface area contributed by atoms with Gasteiger partial charge in [-0.1, -0.05) is 78.1 Å². The maximum absolute atomic E-state index is 13.4. The molecule has 0 bridgehead atoms. The van der Waals surface area contributed by atoms with E-state index in [1.54, 1.807) is 30.3 Å². The molecule has 8 heteroatoms. The number of amides is 1. The van der Waals surface area contributed by atoms with Crippen molar-refractivity contribution in [3.05, 3.63) is 53.6 Å². The SMILES string of the molecule is CCCCCCCCOc1ccc(OCCCCCCCC)c(C(=O)Nc2ccc(C(=O)OCC[N+](C)(CC)CC)cc2)c1.[Br-]. The van der Waals surface area contributed by atoms with Crippen molar-refractivity contribution in [3.8, 4) is 11.5 Å². The molecule has 1 N–H and O–H groups in total. The third-order valence-electron chi connectivity index (χ3n) is 8.49. The van der Waals surface area contributed by atoms with Crippen molar-refractivity contribution < 1.29 is 45.3 Å². The Labute approximate surface area is 283 Å². The van der Waals surface area contributed by atoms with Crippen molar-refractivity contribution in [2.45, 2.75) is 105 Å². The van der Waals surface area contributed by atoms with Crippen LogP contribution in [0.1, 0.15) is 125 Å². The Kier molecular flexibility index (Phi) is 21.3. The van der Waals surface area contributed by atoms with Crippen LogP contribution in [0.15, 0.2) is 42.5 Å². The summed E-state index contributed by atoms with van der Waals surface area (Å²) in [6.07, 6.45) is 14.2. The van der Waals surface area contributed by atoms with Gasteiger partial charge < -0.3 is 41.0 Å². The van der Waals surface area contributed by atoms with E-state index in [1.807, 2.05) is 12.1 Å². The average Bonchev–Trinajstić information content (AvgIpc) is 3.04. The Morgan fingerprint density at radius 1 is 0.689 bits per heavy atom. The molecule has 0 saturated carbocycles. The predicted molar refractivity (Wildman–Crippen MR) is 181 cm³/mol. The Bertz CT molecular complexity index is 1090. The number of halogens is 1. The lowest BCUT2D eigenvalue weighted by atomic mass is 10.1. The summed E-state index contributed by atoms with van der Waals surface area (Å²) in [4.78, 5) is 26.0. The minimum atomic E-state index is -0.359. The maximum atomic E-state index is 13.4. The summed E-state index contributed by atoms with van der Waals surface area (Å²) in [5, 5.41) is 2.96. The molecule has 0 aromatic heterocycles. The smallest absolute Gasteiger partial charge is 0.338 e. The molecule has 0 aliphatic carbocycles. The number of hydrogen-bond donors (Lipinski definition) is 1. The van der Waals surface area contributed by atoms with Crippen LogP contribution in [0.2, 0.25) is 0 Å². The van der Waals surface area contributed by atoms with E-state index < -0.39 is 0 Å². The van der Waals surface area contributed by atoms with E-state index in [4.69, 9.17) is 14.2 Å². The van der Waals surface area contributed by atoms with Gasteiger partial charge in [0.1, 0.15) is 24.7 Å². The van der Waals surface area contributed by atoms with Gasteiger partial charge in [-0.2, -0.15) is 0 Å². The highest BCUT2D eigenvalue weighted by molar-refractivity contribution is 6.06. The number of carbonyl (C=O) groups is 2. The minimum Gasteiger partial charge on any atom is -1.00 e. The third-order valence-corrected chi connectivity index (χ3v) is 8.49. The van der Waals surface area contributed by atoms with Crippen molar-refractivity contribution in [1.29, 1.82) is 0 Å².